The zero-order chi connectivity index (χ0) is 31.7. The van der Waals surface area contributed by atoms with Crippen LogP contribution in [-0.4, -0.2) is 19.5 Å². The van der Waals surface area contributed by atoms with E-state index in [0.29, 0.717) is 17.6 Å². The molecule has 0 unspecified atom stereocenters. The second-order valence-corrected chi connectivity index (χ2v) is 13.3. The van der Waals surface area contributed by atoms with Gasteiger partial charge in [0.2, 0.25) is 5.95 Å². The van der Waals surface area contributed by atoms with Crippen molar-refractivity contribution in [1.82, 2.24) is 19.5 Å². The van der Waals surface area contributed by atoms with E-state index in [1.54, 1.807) is 0 Å². The number of rotatable bonds is 3. The molecule has 0 amide bonds. The van der Waals surface area contributed by atoms with Crippen molar-refractivity contribution < 1.29 is 0 Å². The van der Waals surface area contributed by atoms with Gasteiger partial charge in [-0.1, -0.05) is 154 Å². The number of hydrogen-bond acceptors (Lipinski definition) is 3. The smallest absolute Gasteiger partial charge is 0.238 e. The molecule has 0 saturated carbocycles. The van der Waals surface area contributed by atoms with Gasteiger partial charge in [0, 0.05) is 27.3 Å². The summed E-state index contributed by atoms with van der Waals surface area (Å²) in [6, 6.07) is 49.4. The van der Waals surface area contributed by atoms with Gasteiger partial charge >= 0.3 is 0 Å². The predicted molar refractivity (Wildman–Crippen MR) is 196 cm³/mol. The van der Waals surface area contributed by atoms with E-state index in [4.69, 9.17) is 15.0 Å². The third-order valence-electron chi connectivity index (χ3n) is 9.39. The SMILES string of the molecule is CC(C)(C)c1ccc(-c2nc(-c3ccccc3)nc(-n3c4ccccc4c4c5ccccc5c5c6ccccc6ccc5c43)n2)cc1. The third-order valence-corrected chi connectivity index (χ3v) is 9.39. The van der Waals surface area contributed by atoms with E-state index in [1.807, 2.05) is 18.2 Å². The lowest BCUT2D eigenvalue weighted by Gasteiger charge is -2.19. The number of hydrogen-bond donors (Lipinski definition) is 0. The maximum atomic E-state index is 5.25. The van der Waals surface area contributed by atoms with Gasteiger partial charge in [-0.3, -0.25) is 4.57 Å². The van der Waals surface area contributed by atoms with Gasteiger partial charge in [-0.2, -0.15) is 9.97 Å². The lowest BCUT2D eigenvalue weighted by molar-refractivity contribution is 0.590. The van der Waals surface area contributed by atoms with Crippen molar-refractivity contribution >= 4 is 54.1 Å². The molecule has 7 aromatic carbocycles. The normalized spacial score (nSPS) is 12.1. The first-order chi connectivity index (χ1) is 23.0. The Morgan fingerprint density at radius 1 is 0.447 bits per heavy atom. The molecule has 2 heterocycles. The van der Waals surface area contributed by atoms with Crippen LogP contribution in [0, 0.1) is 0 Å². The first-order valence-electron chi connectivity index (χ1n) is 16.1. The highest BCUT2D eigenvalue weighted by atomic mass is 15.2. The highest BCUT2D eigenvalue weighted by Crippen LogP contribution is 2.44. The maximum Gasteiger partial charge on any atom is 0.238 e. The van der Waals surface area contributed by atoms with Crippen LogP contribution in [0.25, 0.3) is 82.8 Å². The Bertz CT molecular complexity index is 2640. The van der Waals surface area contributed by atoms with Crippen molar-refractivity contribution in [1.29, 1.82) is 0 Å². The number of para-hydroxylation sites is 1. The van der Waals surface area contributed by atoms with E-state index < -0.39 is 0 Å². The van der Waals surface area contributed by atoms with Gasteiger partial charge in [0.05, 0.1) is 11.0 Å². The van der Waals surface area contributed by atoms with Crippen LogP contribution >= 0.6 is 0 Å². The Kier molecular flexibility index (Phi) is 6.03. The second kappa shape index (κ2) is 10.3. The van der Waals surface area contributed by atoms with Crippen LogP contribution in [0.2, 0.25) is 0 Å². The molecule has 4 nitrogen and oxygen atoms in total. The van der Waals surface area contributed by atoms with Gasteiger partial charge in [0.25, 0.3) is 0 Å². The minimum atomic E-state index is 0.0506. The van der Waals surface area contributed by atoms with Crippen molar-refractivity contribution in [2.45, 2.75) is 26.2 Å². The zero-order valence-corrected chi connectivity index (χ0v) is 26.6. The Hall–Kier alpha value is -5.87. The van der Waals surface area contributed by atoms with Crippen LogP contribution in [0.3, 0.4) is 0 Å². The summed E-state index contributed by atoms with van der Waals surface area (Å²) in [5, 5.41) is 9.71. The minimum absolute atomic E-state index is 0.0506. The second-order valence-electron chi connectivity index (χ2n) is 13.3. The van der Waals surface area contributed by atoms with Crippen LogP contribution in [0.5, 0.6) is 0 Å². The molecule has 4 heteroatoms. The molecule has 0 saturated heterocycles. The molecule has 0 atom stereocenters. The highest BCUT2D eigenvalue weighted by Gasteiger charge is 2.23. The third kappa shape index (κ3) is 4.33. The van der Waals surface area contributed by atoms with Gasteiger partial charge < -0.3 is 0 Å². The van der Waals surface area contributed by atoms with E-state index in [1.165, 1.54) is 48.7 Å². The number of nitrogens with zero attached hydrogens (tertiary/aromatic N) is 4. The van der Waals surface area contributed by atoms with E-state index in [-0.39, 0.29) is 5.41 Å². The zero-order valence-electron chi connectivity index (χ0n) is 26.6. The summed E-state index contributed by atoms with van der Waals surface area (Å²) in [5.41, 5.74) is 5.39. The van der Waals surface area contributed by atoms with Crippen molar-refractivity contribution in [2.24, 2.45) is 0 Å². The van der Waals surface area contributed by atoms with Gasteiger partial charge in [0.1, 0.15) is 0 Å². The fourth-order valence-electron chi connectivity index (χ4n) is 7.08. The average molecular weight is 605 g/mol. The van der Waals surface area contributed by atoms with Crippen LogP contribution in [0.4, 0.5) is 0 Å². The van der Waals surface area contributed by atoms with Crippen molar-refractivity contribution in [3.63, 3.8) is 0 Å². The van der Waals surface area contributed by atoms with Gasteiger partial charge in [-0.25, -0.2) is 4.98 Å². The standard InChI is InChI=1S/C43H32N4/c1-43(2,3)30-24-21-29(22-25-30)41-44-40(28-14-5-4-6-15-28)45-42(46-41)47-36-20-12-11-19-34(36)38-33-18-10-9-17-32(33)37-31-16-8-7-13-27(31)23-26-35(37)39(38)47/h4-26H,1-3H3. The minimum Gasteiger partial charge on any atom is -0.277 e. The van der Waals surface area contributed by atoms with E-state index in [2.05, 4.69) is 147 Å². The molecule has 0 bridgehead atoms. The van der Waals surface area contributed by atoms with Gasteiger partial charge in [-0.15, -0.1) is 0 Å². The largest absolute Gasteiger partial charge is 0.277 e. The quantitative estimate of drug-likeness (QED) is 0.188. The average Bonchev–Trinajstić information content (AvgIpc) is 3.47. The van der Waals surface area contributed by atoms with Crippen LogP contribution in [-0.2, 0) is 5.41 Å². The Labute approximate surface area is 273 Å². The van der Waals surface area contributed by atoms with E-state index >= 15 is 0 Å². The summed E-state index contributed by atoms with van der Waals surface area (Å²) in [7, 11) is 0. The summed E-state index contributed by atoms with van der Waals surface area (Å²) >= 11 is 0. The summed E-state index contributed by atoms with van der Waals surface area (Å²) in [4.78, 5) is 15.5. The molecule has 224 valence electrons. The fourth-order valence-corrected chi connectivity index (χ4v) is 7.08. The fraction of sp³-hybridized carbons (Fsp3) is 0.0930. The first kappa shape index (κ1) is 27.4. The monoisotopic (exact) mass is 604 g/mol. The van der Waals surface area contributed by atoms with E-state index in [9.17, 15) is 0 Å². The predicted octanol–water partition coefficient (Wildman–Crippen LogP) is 11.1. The molecule has 0 aliphatic rings. The summed E-state index contributed by atoms with van der Waals surface area (Å²) in [6.07, 6.45) is 0. The molecule has 9 aromatic rings. The molecular formula is C43H32N4. The molecule has 0 aliphatic carbocycles. The summed E-state index contributed by atoms with van der Waals surface area (Å²) in [6.45, 7) is 6.70. The van der Waals surface area contributed by atoms with Crippen molar-refractivity contribution in [3.05, 3.63) is 145 Å². The van der Waals surface area contributed by atoms with Gasteiger partial charge in [0.15, 0.2) is 11.6 Å². The molecular weight excluding hydrogens is 573 g/mol. The van der Waals surface area contributed by atoms with E-state index in [0.717, 1.165) is 22.2 Å². The Morgan fingerprint density at radius 2 is 1.02 bits per heavy atom. The van der Waals surface area contributed by atoms with Crippen molar-refractivity contribution in [3.8, 4) is 28.7 Å². The molecule has 0 N–H and O–H groups in total. The molecule has 9 rings (SSSR count). The molecule has 0 fully saturated rings. The molecule has 0 radical (unpaired) electrons. The number of aromatic nitrogens is 4. The van der Waals surface area contributed by atoms with Gasteiger partial charge in [-0.05, 0) is 44.0 Å². The Balaban J connectivity index is 1.44. The maximum absolute atomic E-state index is 5.25. The molecule has 0 spiro atoms. The molecule has 2 aromatic heterocycles. The van der Waals surface area contributed by atoms with Crippen LogP contribution < -0.4 is 0 Å². The first-order valence-corrected chi connectivity index (χ1v) is 16.1. The molecule has 0 aliphatic heterocycles. The Morgan fingerprint density at radius 3 is 1.72 bits per heavy atom. The number of benzene rings is 7. The highest BCUT2D eigenvalue weighted by molar-refractivity contribution is 6.35. The topological polar surface area (TPSA) is 43.6 Å². The number of fused-ring (bicyclic) bond motifs is 10. The van der Waals surface area contributed by atoms with Crippen LogP contribution in [0.15, 0.2) is 140 Å². The van der Waals surface area contributed by atoms with Crippen LogP contribution in [0.1, 0.15) is 26.3 Å². The summed E-state index contributed by atoms with van der Waals surface area (Å²) < 4.78 is 2.26. The molecule has 47 heavy (non-hydrogen) atoms. The summed E-state index contributed by atoms with van der Waals surface area (Å²) in [5.74, 6) is 1.90. The lowest BCUT2D eigenvalue weighted by Crippen LogP contribution is -2.10. The van der Waals surface area contributed by atoms with Crippen molar-refractivity contribution in [2.75, 3.05) is 0 Å². The lowest BCUT2D eigenvalue weighted by atomic mass is 9.87.